The van der Waals surface area contributed by atoms with Gasteiger partial charge >= 0.3 is 6.03 Å². The fourth-order valence-electron chi connectivity index (χ4n) is 2.99. The number of urea groups is 1. The normalized spacial score (nSPS) is 10.9. The fourth-order valence-corrected chi connectivity index (χ4v) is 2.99. The number of amides is 3. The first-order valence-electron chi connectivity index (χ1n) is 8.80. The Hall–Kier alpha value is -4.14. The zero-order valence-electron chi connectivity index (χ0n) is 15.2. The van der Waals surface area contributed by atoms with Crippen LogP contribution >= 0.6 is 0 Å². The largest absolute Gasteiger partial charge is 0.448 e. The summed E-state index contributed by atoms with van der Waals surface area (Å²) in [5, 5.41) is 5.95. The molecular formula is C20H17N5O4. The van der Waals surface area contributed by atoms with Crippen molar-refractivity contribution in [3.05, 3.63) is 70.8 Å². The number of para-hydroxylation sites is 1. The number of carbonyl (C=O) groups excluding carboxylic acids is 2. The molecular weight excluding hydrogens is 374 g/mol. The van der Waals surface area contributed by atoms with E-state index >= 15 is 0 Å². The molecule has 0 aliphatic heterocycles. The van der Waals surface area contributed by atoms with Gasteiger partial charge in [0, 0.05) is 17.6 Å². The zero-order chi connectivity index (χ0) is 20.4. The van der Waals surface area contributed by atoms with Gasteiger partial charge in [0.25, 0.3) is 5.56 Å². The third-order valence-electron chi connectivity index (χ3n) is 4.38. The molecule has 9 heteroatoms. The van der Waals surface area contributed by atoms with Gasteiger partial charge in [-0.3, -0.25) is 14.2 Å². The highest BCUT2D eigenvalue weighted by Crippen LogP contribution is 2.23. The van der Waals surface area contributed by atoms with Crippen LogP contribution in [-0.4, -0.2) is 21.5 Å². The van der Waals surface area contributed by atoms with Crippen LogP contribution < -0.4 is 21.9 Å². The monoisotopic (exact) mass is 391 g/mol. The average molecular weight is 391 g/mol. The summed E-state index contributed by atoms with van der Waals surface area (Å²) >= 11 is 0. The summed E-state index contributed by atoms with van der Waals surface area (Å²) in [6, 6.07) is 13.5. The molecule has 4 aromatic rings. The molecule has 0 spiro atoms. The number of nitrogens with zero attached hydrogens (tertiary/aromatic N) is 2. The van der Waals surface area contributed by atoms with Gasteiger partial charge in [-0.15, -0.1) is 0 Å². The number of nitrogens with one attached hydrogen (secondary N) is 2. The van der Waals surface area contributed by atoms with Gasteiger partial charge < -0.3 is 20.8 Å². The van der Waals surface area contributed by atoms with E-state index in [9.17, 15) is 14.4 Å². The number of benzene rings is 2. The van der Waals surface area contributed by atoms with Crippen molar-refractivity contribution in [3.8, 4) is 0 Å². The molecule has 0 atom stereocenters. The van der Waals surface area contributed by atoms with Crippen LogP contribution in [0.15, 0.2) is 64.1 Å². The van der Waals surface area contributed by atoms with Crippen LogP contribution in [0, 0.1) is 0 Å². The molecule has 0 unspecified atom stereocenters. The van der Waals surface area contributed by atoms with Crippen LogP contribution in [0.5, 0.6) is 0 Å². The Morgan fingerprint density at radius 2 is 1.86 bits per heavy atom. The highest BCUT2D eigenvalue weighted by atomic mass is 16.3. The number of fused-ring (bicyclic) bond motifs is 3. The van der Waals surface area contributed by atoms with Gasteiger partial charge in [-0.1, -0.05) is 24.3 Å². The van der Waals surface area contributed by atoms with E-state index in [4.69, 9.17) is 10.2 Å². The summed E-state index contributed by atoms with van der Waals surface area (Å²) in [4.78, 5) is 40.0. The highest BCUT2D eigenvalue weighted by molar-refractivity contribution is 6.01. The van der Waals surface area contributed by atoms with Gasteiger partial charge in [-0.2, -0.15) is 0 Å². The third-order valence-corrected chi connectivity index (χ3v) is 4.38. The van der Waals surface area contributed by atoms with Gasteiger partial charge in [-0.05, 0) is 29.8 Å². The van der Waals surface area contributed by atoms with E-state index in [0.29, 0.717) is 16.8 Å². The van der Waals surface area contributed by atoms with Crippen molar-refractivity contribution in [2.24, 2.45) is 5.73 Å². The maximum absolute atomic E-state index is 12.6. The maximum Gasteiger partial charge on any atom is 0.316 e. The fraction of sp³-hybridized carbons (Fsp3) is 0.100. The number of furan rings is 1. The average Bonchev–Trinajstić information content (AvgIpc) is 3.09. The van der Waals surface area contributed by atoms with Crippen LogP contribution in [0.25, 0.3) is 22.1 Å². The van der Waals surface area contributed by atoms with Crippen molar-refractivity contribution in [1.82, 2.24) is 14.9 Å². The molecule has 0 fully saturated rings. The molecule has 0 aliphatic rings. The Bertz CT molecular complexity index is 1270. The topological polar surface area (TPSA) is 132 Å². The van der Waals surface area contributed by atoms with E-state index in [0.717, 1.165) is 10.9 Å². The lowest BCUT2D eigenvalue weighted by molar-refractivity contribution is -0.121. The number of hydrogen-bond acceptors (Lipinski definition) is 5. The predicted molar refractivity (Wildman–Crippen MR) is 107 cm³/mol. The number of hydrogen-bond donors (Lipinski definition) is 3. The molecule has 0 bridgehead atoms. The van der Waals surface area contributed by atoms with Crippen molar-refractivity contribution in [1.29, 1.82) is 0 Å². The van der Waals surface area contributed by atoms with E-state index in [2.05, 4.69) is 15.6 Å². The number of carbonyl (C=O) groups is 2. The lowest BCUT2D eigenvalue weighted by atomic mass is 10.2. The molecule has 0 saturated heterocycles. The number of anilines is 1. The quantitative estimate of drug-likeness (QED) is 0.478. The van der Waals surface area contributed by atoms with Crippen LogP contribution in [0.1, 0.15) is 5.56 Å². The van der Waals surface area contributed by atoms with Crippen molar-refractivity contribution in [2.45, 2.75) is 13.1 Å². The molecule has 4 N–H and O–H groups in total. The first-order valence-corrected chi connectivity index (χ1v) is 8.80. The standard InChI is InChI=1S/C20H17N5O4/c21-20(28)24-13-7-5-12(6-8-13)9-22-16(26)10-25-11-23-17-14-3-1-2-4-15(14)29-18(17)19(25)27/h1-8,11H,9-10H2,(H,22,26)(H3,21,24,28). The SMILES string of the molecule is NC(=O)Nc1ccc(CNC(=O)Cn2cnc3c(oc4ccccc43)c2=O)cc1. The van der Waals surface area contributed by atoms with Crippen molar-refractivity contribution >= 4 is 39.7 Å². The van der Waals surface area contributed by atoms with Gasteiger partial charge in [0.2, 0.25) is 11.5 Å². The second-order valence-electron chi connectivity index (χ2n) is 6.42. The molecule has 4 rings (SSSR count). The van der Waals surface area contributed by atoms with Crippen LogP contribution in [0.3, 0.4) is 0 Å². The minimum Gasteiger partial charge on any atom is -0.448 e. The predicted octanol–water partition coefficient (Wildman–Crippen LogP) is 1.95. The second-order valence-corrected chi connectivity index (χ2v) is 6.42. The Morgan fingerprint density at radius 1 is 1.10 bits per heavy atom. The number of primary amides is 1. The molecule has 9 nitrogen and oxygen atoms in total. The lowest BCUT2D eigenvalue weighted by Crippen LogP contribution is -2.32. The number of rotatable bonds is 5. The van der Waals surface area contributed by atoms with Gasteiger partial charge in [0.05, 0.1) is 6.33 Å². The van der Waals surface area contributed by atoms with Crippen LogP contribution in [-0.2, 0) is 17.9 Å². The number of aromatic nitrogens is 2. The summed E-state index contributed by atoms with van der Waals surface area (Å²) in [7, 11) is 0. The molecule has 0 radical (unpaired) electrons. The summed E-state index contributed by atoms with van der Waals surface area (Å²) in [6.07, 6.45) is 1.34. The molecule has 2 heterocycles. The van der Waals surface area contributed by atoms with E-state index in [-0.39, 0.29) is 24.6 Å². The van der Waals surface area contributed by atoms with Crippen LogP contribution in [0.2, 0.25) is 0 Å². The lowest BCUT2D eigenvalue weighted by Gasteiger charge is -2.08. The molecule has 0 saturated carbocycles. The Kier molecular flexibility index (Phi) is 4.70. The van der Waals surface area contributed by atoms with E-state index in [1.807, 2.05) is 18.2 Å². The highest BCUT2D eigenvalue weighted by Gasteiger charge is 2.14. The molecule has 0 aliphatic carbocycles. The number of nitrogens with two attached hydrogens (primary N) is 1. The minimum absolute atomic E-state index is 0.124. The van der Waals surface area contributed by atoms with Gasteiger partial charge in [0.15, 0.2) is 0 Å². The zero-order valence-corrected chi connectivity index (χ0v) is 15.2. The van der Waals surface area contributed by atoms with Crippen molar-refractivity contribution in [2.75, 3.05) is 5.32 Å². The molecule has 2 aromatic heterocycles. The molecule has 146 valence electrons. The van der Waals surface area contributed by atoms with E-state index in [1.54, 1.807) is 30.3 Å². The maximum atomic E-state index is 12.6. The summed E-state index contributed by atoms with van der Waals surface area (Å²) in [6.45, 7) is 0.0882. The van der Waals surface area contributed by atoms with E-state index in [1.165, 1.54) is 10.9 Å². The Labute approximate surface area is 164 Å². The Morgan fingerprint density at radius 3 is 2.62 bits per heavy atom. The molecule has 2 aromatic carbocycles. The van der Waals surface area contributed by atoms with Crippen molar-refractivity contribution in [3.63, 3.8) is 0 Å². The van der Waals surface area contributed by atoms with Crippen LogP contribution in [0.4, 0.5) is 10.5 Å². The molecule has 29 heavy (non-hydrogen) atoms. The first-order chi connectivity index (χ1) is 14.0. The third kappa shape index (κ3) is 3.79. The second kappa shape index (κ2) is 7.47. The minimum atomic E-state index is -0.647. The smallest absolute Gasteiger partial charge is 0.316 e. The molecule has 3 amide bonds. The van der Waals surface area contributed by atoms with Gasteiger partial charge in [-0.25, -0.2) is 9.78 Å². The van der Waals surface area contributed by atoms with E-state index < -0.39 is 11.6 Å². The first kappa shape index (κ1) is 18.2. The van der Waals surface area contributed by atoms with Crippen molar-refractivity contribution < 1.29 is 14.0 Å². The summed E-state index contributed by atoms with van der Waals surface area (Å²) in [5.74, 6) is -0.344. The van der Waals surface area contributed by atoms with Gasteiger partial charge in [0.1, 0.15) is 17.6 Å². The summed E-state index contributed by atoms with van der Waals surface area (Å²) < 4.78 is 6.82. The summed E-state index contributed by atoms with van der Waals surface area (Å²) in [5.41, 5.74) is 7.20. The Balaban J connectivity index is 1.45.